The number of methoxy groups -OCH3 is 1. The lowest BCUT2D eigenvalue weighted by Crippen LogP contribution is -2.26. The van der Waals surface area contributed by atoms with Crippen LogP contribution in [0.3, 0.4) is 0 Å². The second-order valence-corrected chi connectivity index (χ2v) is 7.06. The molecule has 1 amide bonds. The van der Waals surface area contributed by atoms with Crippen molar-refractivity contribution in [3.8, 4) is 5.75 Å². The predicted octanol–water partition coefficient (Wildman–Crippen LogP) is 1.71. The van der Waals surface area contributed by atoms with E-state index in [-0.39, 0.29) is 22.0 Å². The molecule has 2 rings (SSSR count). The molecule has 0 radical (unpaired) electrons. The van der Waals surface area contributed by atoms with E-state index in [0.717, 1.165) is 5.56 Å². The number of sulfonamides is 1. The van der Waals surface area contributed by atoms with Crippen molar-refractivity contribution in [1.82, 2.24) is 10.0 Å². The fourth-order valence-electron chi connectivity index (χ4n) is 2.21. The van der Waals surface area contributed by atoms with Crippen molar-refractivity contribution >= 4 is 15.9 Å². The number of carbonyl (C=O) groups excluding carboxylic acids is 1. The van der Waals surface area contributed by atoms with Crippen LogP contribution < -0.4 is 14.8 Å². The van der Waals surface area contributed by atoms with Crippen LogP contribution in [0.15, 0.2) is 47.4 Å². The highest BCUT2D eigenvalue weighted by molar-refractivity contribution is 7.89. The van der Waals surface area contributed by atoms with Gasteiger partial charge in [-0.05, 0) is 49.4 Å². The van der Waals surface area contributed by atoms with E-state index in [1.807, 2.05) is 0 Å². The summed E-state index contributed by atoms with van der Waals surface area (Å²) < 4.78 is 44.1. The summed E-state index contributed by atoms with van der Waals surface area (Å²) in [6.07, 6.45) is 0.532. The van der Waals surface area contributed by atoms with Crippen LogP contribution in [0.1, 0.15) is 15.9 Å². The van der Waals surface area contributed by atoms with Crippen molar-refractivity contribution < 1.29 is 22.3 Å². The first-order valence-corrected chi connectivity index (χ1v) is 9.00. The molecule has 2 aromatic rings. The minimum atomic E-state index is -3.76. The zero-order valence-corrected chi connectivity index (χ0v) is 14.7. The second-order valence-electron chi connectivity index (χ2n) is 5.21. The van der Waals surface area contributed by atoms with Gasteiger partial charge in [0.25, 0.3) is 5.91 Å². The highest BCUT2D eigenvalue weighted by Crippen LogP contribution is 2.24. The number of benzene rings is 2. The van der Waals surface area contributed by atoms with Crippen LogP contribution >= 0.6 is 0 Å². The Bertz CT molecular complexity index is 851. The maximum absolute atomic E-state index is 12.8. The number of rotatable bonds is 7. The molecule has 2 N–H and O–H groups in total. The standard InChI is InChI=1S/C17H19FN2O4S/c1-19-25(22,23)16-11-13(5-8-15(16)24-2)17(21)20-10-9-12-3-6-14(18)7-4-12/h3-8,11,19H,9-10H2,1-2H3,(H,20,21). The van der Waals surface area contributed by atoms with Gasteiger partial charge in [-0.25, -0.2) is 17.5 Å². The molecule has 0 heterocycles. The minimum absolute atomic E-state index is 0.108. The van der Waals surface area contributed by atoms with Crippen LogP contribution in [0.5, 0.6) is 5.75 Å². The van der Waals surface area contributed by atoms with Crippen LogP contribution in [0.25, 0.3) is 0 Å². The average molecular weight is 366 g/mol. The first-order valence-electron chi connectivity index (χ1n) is 7.51. The van der Waals surface area contributed by atoms with Gasteiger partial charge in [-0.3, -0.25) is 4.79 Å². The second kappa shape index (κ2) is 8.09. The monoisotopic (exact) mass is 366 g/mol. The Balaban J connectivity index is 2.08. The maximum atomic E-state index is 12.8. The van der Waals surface area contributed by atoms with E-state index in [1.54, 1.807) is 12.1 Å². The third-order valence-corrected chi connectivity index (χ3v) is 5.03. The highest BCUT2D eigenvalue weighted by atomic mass is 32.2. The smallest absolute Gasteiger partial charge is 0.251 e. The fourth-order valence-corrected chi connectivity index (χ4v) is 3.13. The molecule has 0 bridgehead atoms. The molecule has 0 fully saturated rings. The van der Waals surface area contributed by atoms with E-state index < -0.39 is 15.9 Å². The van der Waals surface area contributed by atoms with Crippen LogP contribution in [-0.4, -0.2) is 35.0 Å². The largest absolute Gasteiger partial charge is 0.495 e. The molecule has 0 atom stereocenters. The lowest BCUT2D eigenvalue weighted by molar-refractivity contribution is 0.0954. The molecular weight excluding hydrogens is 347 g/mol. The Kier molecular flexibility index (Phi) is 6.11. The van der Waals surface area contributed by atoms with Gasteiger partial charge in [0.2, 0.25) is 10.0 Å². The topological polar surface area (TPSA) is 84.5 Å². The van der Waals surface area contributed by atoms with Gasteiger partial charge < -0.3 is 10.1 Å². The van der Waals surface area contributed by atoms with E-state index in [1.165, 1.54) is 44.5 Å². The Morgan fingerprint density at radius 3 is 2.44 bits per heavy atom. The van der Waals surface area contributed by atoms with E-state index in [4.69, 9.17) is 4.74 Å². The molecule has 2 aromatic carbocycles. The number of carbonyl (C=O) groups is 1. The van der Waals surface area contributed by atoms with Crippen molar-refractivity contribution in [1.29, 1.82) is 0 Å². The van der Waals surface area contributed by atoms with Crippen molar-refractivity contribution in [2.75, 3.05) is 20.7 Å². The molecule has 0 aromatic heterocycles. The Morgan fingerprint density at radius 2 is 1.84 bits per heavy atom. The number of amides is 1. The highest BCUT2D eigenvalue weighted by Gasteiger charge is 2.20. The number of nitrogens with one attached hydrogen (secondary N) is 2. The Labute approximate surface area is 146 Å². The average Bonchev–Trinajstić information content (AvgIpc) is 2.62. The van der Waals surface area contributed by atoms with E-state index in [9.17, 15) is 17.6 Å². The normalized spacial score (nSPS) is 11.2. The van der Waals surface area contributed by atoms with Crippen LogP contribution in [0.2, 0.25) is 0 Å². The quantitative estimate of drug-likeness (QED) is 0.781. The molecule has 0 aliphatic rings. The summed E-state index contributed by atoms with van der Waals surface area (Å²) in [7, 11) is -1.12. The Hall–Kier alpha value is -2.45. The van der Waals surface area contributed by atoms with Crippen molar-refractivity contribution in [3.63, 3.8) is 0 Å². The van der Waals surface area contributed by atoms with Crippen LogP contribution in [0.4, 0.5) is 4.39 Å². The number of hydrogen-bond acceptors (Lipinski definition) is 4. The lowest BCUT2D eigenvalue weighted by Gasteiger charge is -2.11. The maximum Gasteiger partial charge on any atom is 0.251 e. The van der Waals surface area contributed by atoms with Crippen molar-refractivity contribution in [2.24, 2.45) is 0 Å². The summed E-state index contributed by atoms with van der Waals surface area (Å²) in [4.78, 5) is 12.1. The molecule has 0 spiro atoms. The molecule has 0 aliphatic carbocycles. The number of ether oxygens (including phenoxy) is 1. The fraction of sp³-hybridized carbons (Fsp3) is 0.235. The number of hydrogen-bond donors (Lipinski definition) is 2. The minimum Gasteiger partial charge on any atom is -0.495 e. The van der Waals surface area contributed by atoms with Gasteiger partial charge >= 0.3 is 0 Å². The van der Waals surface area contributed by atoms with E-state index in [0.29, 0.717) is 13.0 Å². The SMILES string of the molecule is CNS(=O)(=O)c1cc(C(=O)NCCc2ccc(F)cc2)ccc1OC. The summed E-state index contributed by atoms with van der Waals surface area (Å²) in [6, 6.07) is 10.2. The zero-order valence-electron chi connectivity index (χ0n) is 13.9. The first-order chi connectivity index (χ1) is 11.9. The van der Waals surface area contributed by atoms with Gasteiger partial charge in [-0.2, -0.15) is 0 Å². The molecule has 134 valence electrons. The molecular formula is C17H19FN2O4S. The van der Waals surface area contributed by atoms with Gasteiger partial charge in [0.15, 0.2) is 0 Å². The van der Waals surface area contributed by atoms with Crippen LogP contribution in [-0.2, 0) is 16.4 Å². The van der Waals surface area contributed by atoms with E-state index in [2.05, 4.69) is 10.0 Å². The third kappa shape index (κ3) is 4.77. The lowest BCUT2D eigenvalue weighted by atomic mass is 10.1. The Morgan fingerprint density at radius 1 is 1.16 bits per heavy atom. The summed E-state index contributed by atoms with van der Waals surface area (Å²) >= 11 is 0. The van der Waals surface area contributed by atoms with E-state index >= 15 is 0 Å². The molecule has 0 aliphatic heterocycles. The van der Waals surface area contributed by atoms with Gasteiger partial charge in [0.05, 0.1) is 7.11 Å². The molecule has 0 saturated heterocycles. The summed E-state index contributed by atoms with van der Waals surface area (Å²) in [6.45, 7) is 0.338. The van der Waals surface area contributed by atoms with Gasteiger partial charge in [-0.1, -0.05) is 12.1 Å². The van der Waals surface area contributed by atoms with Gasteiger partial charge in [0.1, 0.15) is 16.5 Å². The van der Waals surface area contributed by atoms with Gasteiger partial charge in [0, 0.05) is 12.1 Å². The first kappa shape index (κ1) is 18.9. The number of halogens is 1. The summed E-state index contributed by atoms with van der Waals surface area (Å²) in [5.41, 5.74) is 1.09. The molecule has 6 nitrogen and oxygen atoms in total. The predicted molar refractivity (Wildman–Crippen MR) is 91.7 cm³/mol. The van der Waals surface area contributed by atoms with Gasteiger partial charge in [-0.15, -0.1) is 0 Å². The molecule has 0 unspecified atom stereocenters. The summed E-state index contributed by atoms with van der Waals surface area (Å²) in [5, 5.41) is 2.71. The molecule has 8 heteroatoms. The molecule has 25 heavy (non-hydrogen) atoms. The van der Waals surface area contributed by atoms with Crippen LogP contribution in [0, 0.1) is 5.82 Å². The van der Waals surface area contributed by atoms with Crippen molar-refractivity contribution in [2.45, 2.75) is 11.3 Å². The van der Waals surface area contributed by atoms with Crippen molar-refractivity contribution in [3.05, 3.63) is 59.4 Å². The summed E-state index contributed by atoms with van der Waals surface area (Å²) in [5.74, 6) is -0.571. The molecule has 0 saturated carbocycles. The third-order valence-electron chi connectivity index (χ3n) is 3.60. The zero-order chi connectivity index (χ0) is 18.4.